The van der Waals surface area contributed by atoms with Gasteiger partial charge in [-0.05, 0) is 6.07 Å². The molecule has 2 aromatic rings. The summed E-state index contributed by atoms with van der Waals surface area (Å²) in [6.45, 7) is 4.27. The number of aromatic nitrogens is 1. The van der Waals surface area contributed by atoms with Gasteiger partial charge in [0.15, 0.2) is 5.60 Å². The number of esters is 1. The van der Waals surface area contributed by atoms with E-state index in [1.807, 2.05) is 48.7 Å². The average molecular weight is 338 g/mol. The SMILES string of the molecule is O=C1CCC(c2ccccc2)(c2ccc(CN3CCOCC3)nc2)O1. The Morgan fingerprint density at radius 3 is 2.48 bits per heavy atom. The first-order valence-electron chi connectivity index (χ1n) is 8.79. The summed E-state index contributed by atoms with van der Waals surface area (Å²) in [4.78, 5) is 18.9. The van der Waals surface area contributed by atoms with E-state index in [4.69, 9.17) is 9.47 Å². The molecule has 1 atom stereocenters. The Hall–Kier alpha value is -2.24. The van der Waals surface area contributed by atoms with Crippen molar-refractivity contribution < 1.29 is 14.3 Å². The van der Waals surface area contributed by atoms with Gasteiger partial charge in [-0.15, -0.1) is 0 Å². The van der Waals surface area contributed by atoms with Crippen LogP contribution in [0.25, 0.3) is 0 Å². The number of cyclic esters (lactones) is 1. The lowest BCUT2D eigenvalue weighted by Gasteiger charge is -2.29. The van der Waals surface area contributed by atoms with Crippen molar-refractivity contribution in [2.24, 2.45) is 0 Å². The highest BCUT2D eigenvalue weighted by Crippen LogP contribution is 2.42. The molecule has 2 saturated heterocycles. The van der Waals surface area contributed by atoms with Gasteiger partial charge in [0.25, 0.3) is 0 Å². The number of pyridine rings is 1. The van der Waals surface area contributed by atoms with Crippen molar-refractivity contribution in [2.75, 3.05) is 26.3 Å². The fraction of sp³-hybridized carbons (Fsp3) is 0.400. The van der Waals surface area contributed by atoms with E-state index in [9.17, 15) is 4.79 Å². The first-order chi connectivity index (χ1) is 12.3. The van der Waals surface area contributed by atoms with Crippen molar-refractivity contribution in [3.63, 3.8) is 0 Å². The predicted molar refractivity (Wildman–Crippen MR) is 92.9 cm³/mol. The monoisotopic (exact) mass is 338 g/mol. The number of nitrogens with zero attached hydrogens (tertiary/aromatic N) is 2. The van der Waals surface area contributed by atoms with Crippen molar-refractivity contribution in [1.82, 2.24) is 9.88 Å². The van der Waals surface area contributed by atoms with Crippen molar-refractivity contribution >= 4 is 5.97 Å². The van der Waals surface area contributed by atoms with E-state index in [0.717, 1.165) is 49.7 Å². The van der Waals surface area contributed by atoms with Crippen LogP contribution in [0.3, 0.4) is 0 Å². The number of ether oxygens (including phenoxy) is 2. The van der Waals surface area contributed by atoms with Crippen molar-refractivity contribution in [3.05, 3.63) is 65.5 Å². The smallest absolute Gasteiger partial charge is 0.307 e. The summed E-state index contributed by atoms with van der Waals surface area (Å²) in [6.07, 6.45) is 2.95. The van der Waals surface area contributed by atoms with E-state index in [0.29, 0.717) is 12.8 Å². The molecule has 1 unspecified atom stereocenters. The van der Waals surface area contributed by atoms with Crippen LogP contribution in [0.2, 0.25) is 0 Å². The van der Waals surface area contributed by atoms with Gasteiger partial charge < -0.3 is 9.47 Å². The van der Waals surface area contributed by atoms with E-state index in [1.165, 1.54) is 0 Å². The molecule has 1 aromatic heterocycles. The van der Waals surface area contributed by atoms with Gasteiger partial charge in [0.1, 0.15) is 0 Å². The molecule has 2 aliphatic rings. The summed E-state index contributed by atoms with van der Waals surface area (Å²) in [6, 6.07) is 14.0. The van der Waals surface area contributed by atoms with Crippen LogP contribution in [0.4, 0.5) is 0 Å². The molecule has 0 aliphatic carbocycles. The zero-order valence-electron chi connectivity index (χ0n) is 14.2. The number of rotatable bonds is 4. The van der Waals surface area contributed by atoms with Gasteiger partial charge in [-0.1, -0.05) is 36.4 Å². The second-order valence-corrected chi connectivity index (χ2v) is 6.59. The fourth-order valence-corrected chi connectivity index (χ4v) is 3.60. The van der Waals surface area contributed by atoms with Crippen LogP contribution in [0.5, 0.6) is 0 Å². The fourth-order valence-electron chi connectivity index (χ4n) is 3.60. The molecule has 2 aliphatic heterocycles. The molecule has 3 heterocycles. The maximum Gasteiger partial charge on any atom is 0.307 e. The number of benzene rings is 1. The molecule has 25 heavy (non-hydrogen) atoms. The van der Waals surface area contributed by atoms with Crippen molar-refractivity contribution in [3.8, 4) is 0 Å². The molecule has 130 valence electrons. The average Bonchev–Trinajstić information content (AvgIpc) is 3.07. The summed E-state index contributed by atoms with van der Waals surface area (Å²) in [5, 5.41) is 0. The van der Waals surface area contributed by atoms with Gasteiger partial charge in [-0.2, -0.15) is 0 Å². The standard InChI is InChI=1S/C20H22N2O3/c23-19-8-9-20(25-19,16-4-2-1-3-5-16)17-6-7-18(21-14-17)15-22-10-12-24-13-11-22/h1-7,14H,8-13,15H2. The van der Waals surface area contributed by atoms with Crippen LogP contribution in [0.1, 0.15) is 29.7 Å². The molecule has 2 fully saturated rings. The van der Waals surface area contributed by atoms with E-state index in [2.05, 4.69) is 9.88 Å². The number of carbonyl (C=O) groups excluding carboxylic acids is 1. The number of hydrogen-bond donors (Lipinski definition) is 0. The highest BCUT2D eigenvalue weighted by Gasteiger charge is 2.43. The Bertz CT molecular complexity index is 726. The third-order valence-corrected chi connectivity index (χ3v) is 4.99. The maximum atomic E-state index is 11.9. The third kappa shape index (κ3) is 3.30. The third-order valence-electron chi connectivity index (χ3n) is 4.99. The Morgan fingerprint density at radius 2 is 1.84 bits per heavy atom. The minimum atomic E-state index is -0.706. The van der Waals surface area contributed by atoms with E-state index >= 15 is 0 Å². The van der Waals surface area contributed by atoms with Crippen molar-refractivity contribution in [2.45, 2.75) is 25.0 Å². The molecule has 0 bridgehead atoms. The second-order valence-electron chi connectivity index (χ2n) is 6.59. The van der Waals surface area contributed by atoms with Crippen LogP contribution < -0.4 is 0 Å². The van der Waals surface area contributed by atoms with Gasteiger partial charge >= 0.3 is 5.97 Å². The summed E-state index contributed by atoms with van der Waals surface area (Å²) in [5.41, 5.74) is 2.26. The summed E-state index contributed by atoms with van der Waals surface area (Å²) in [5.74, 6) is -0.152. The summed E-state index contributed by atoms with van der Waals surface area (Å²) >= 11 is 0. The Morgan fingerprint density at radius 1 is 1.04 bits per heavy atom. The van der Waals surface area contributed by atoms with Gasteiger partial charge in [-0.3, -0.25) is 14.7 Å². The topological polar surface area (TPSA) is 51.7 Å². The zero-order chi connectivity index (χ0) is 17.1. The van der Waals surface area contributed by atoms with Crippen molar-refractivity contribution in [1.29, 1.82) is 0 Å². The van der Waals surface area contributed by atoms with Crippen LogP contribution in [0.15, 0.2) is 48.7 Å². The first kappa shape index (κ1) is 16.2. The zero-order valence-corrected chi connectivity index (χ0v) is 14.2. The minimum Gasteiger partial charge on any atom is -0.449 e. The lowest BCUT2D eigenvalue weighted by molar-refractivity contribution is -0.146. The molecule has 5 nitrogen and oxygen atoms in total. The molecule has 5 heteroatoms. The molecule has 0 saturated carbocycles. The molecular weight excluding hydrogens is 316 g/mol. The molecule has 0 radical (unpaired) electrons. The second kappa shape index (κ2) is 6.94. The molecule has 4 rings (SSSR count). The first-order valence-corrected chi connectivity index (χ1v) is 8.79. The number of hydrogen-bond acceptors (Lipinski definition) is 5. The van der Waals surface area contributed by atoms with E-state index < -0.39 is 5.60 Å². The van der Waals surface area contributed by atoms with Crippen LogP contribution in [-0.2, 0) is 26.4 Å². The lowest BCUT2D eigenvalue weighted by Crippen LogP contribution is -2.36. The quantitative estimate of drug-likeness (QED) is 0.802. The lowest BCUT2D eigenvalue weighted by atomic mass is 9.85. The van der Waals surface area contributed by atoms with Gasteiger partial charge in [0.05, 0.1) is 25.3 Å². The molecular formula is C20H22N2O3. The predicted octanol–water partition coefficient (Wildman–Crippen LogP) is 2.49. The van der Waals surface area contributed by atoms with E-state index in [1.54, 1.807) is 0 Å². The molecule has 0 amide bonds. The minimum absolute atomic E-state index is 0.152. The molecule has 0 N–H and O–H groups in total. The molecule has 0 spiro atoms. The van der Waals surface area contributed by atoms with Gasteiger partial charge in [0.2, 0.25) is 0 Å². The number of morpholine rings is 1. The van der Waals surface area contributed by atoms with E-state index in [-0.39, 0.29) is 5.97 Å². The summed E-state index contributed by atoms with van der Waals surface area (Å²) in [7, 11) is 0. The molecule has 1 aromatic carbocycles. The van der Waals surface area contributed by atoms with Crippen LogP contribution >= 0.6 is 0 Å². The van der Waals surface area contributed by atoms with Gasteiger partial charge in [0, 0.05) is 43.4 Å². The largest absolute Gasteiger partial charge is 0.449 e. The highest BCUT2D eigenvalue weighted by atomic mass is 16.6. The Labute approximate surface area is 147 Å². The Balaban J connectivity index is 1.59. The van der Waals surface area contributed by atoms with Gasteiger partial charge in [-0.25, -0.2) is 0 Å². The van der Waals surface area contributed by atoms with Crippen LogP contribution in [-0.4, -0.2) is 42.2 Å². The Kier molecular flexibility index (Phi) is 4.51. The maximum absolute atomic E-state index is 11.9. The normalized spacial score (nSPS) is 24.2. The summed E-state index contributed by atoms with van der Waals surface area (Å²) < 4.78 is 11.2. The highest BCUT2D eigenvalue weighted by molar-refractivity contribution is 5.73. The number of carbonyl (C=O) groups is 1. The van der Waals surface area contributed by atoms with Crippen LogP contribution in [0, 0.1) is 0 Å².